The summed E-state index contributed by atoms with van der Waals surface area (Å²) < 4.78 is 5.63. The van der Waals surface area contributed by atoms with Crippen molar-refractivity contribution in [2.45, 2.75) is 6.04 Å². The molecule has 3 nitrogen and oxygen atoms in total. The van der Waals surface area contributed by atoms with Crippen LogP contribution in [0.5, 0.6) is 5.75 Å². The summed E-state index contributed by atoms with van der Waals surface area (Å²) in [5, 5.41) is 0.649. The Balaban J connectivity index is 1.59. The van der Waals surface area contributed by atoms with E-state index >= 15 is 0 Å². The molecule has 1 heterocycles. The summed E-state index contributed by atoms with van der Waals surface area (Å²) in [6, 6.07) is 26.8. The number of carbonyl (C=O) groups excluding carboxylic acids is 1. The van der Waals surface area contributed by atoms with Crippen LogP contribution in [0.4, 0.5) is 5.69 Å². The van der Waals surface area contributed by atoms with Gasteiger partial charge in [0, 0.05) is 10.7 Å². The number of anilines is 1. The summed E-state index contributed by atoms with van der Waals surface area (Å²) in [5.74, 6) is 0.511. The smallest absolute Gasteiger partial charge is 0.237 e. The lowest BCUT2D eigenvalue weighted by atomic mass is 9.82. The van der Waals surface area contributed by atoms with Gasteiger partial charge in [-0.05, 0) is 48.0 Å². The zero-order chi connectivity index (χ0) is 18.6. The van der Waals surface area contributed by atoms with Crippen molar-refractivity contribution in [3.05, 3.63) is 108 Å². The molecule has 1 saturated heterocycles. The number of carbonyl (C=O) groups is 1. The molecule has 0 saturated carbocycles. The summed E-state index contributed by atoms with van der Waals surface area (Å²) >= 11 is 5.99. The molecule has 134 valence electrons. The van der Waals surface area contributed by atoms with Gasteiger partial charge in [-0.2, -0.15) is 0 Å². The minimum absolute atomic E-state index is 0.0408. The van der Waals surface area contributed by atoms with E-state index in [0.29, 0.717) is 5.02 Å². The standard InChI is InChI=1S/C23H18ClNO2/c24-18-11-13-19(14-12-18)25-22(17-7-3-1-4-8-17)21(23(25)26)15-16-27-20-9-5-2-6-10-20/h1-16,21-22H/b16-15-/t21-,22-/m1/s1. The second-order valence-electron chi connectivity index (χ2n) is 6.33. The summed E-state index contributed by atoms with van der Waals surface area (Å²) in [7, 11) is 0. The quantitative estimate of drug-likeness (QED) is 0.427. The van der Waals surface area contributed by atoms with Crippen LogP contribution in [-0.4, -0.2) is 5.91 Å². The summed E-state index contributed by atoms with van der Waals surface area (Å²) in [6.45, 7) is 0. The van der Waals surface area contributed by atoms with Crippen molar-refractivity contribution in [2.24, 2.45) is 5.92 Å². The van der Waals surface area contributed by atoms with E-state index in [4.69, 9.17) is 16.3 Å². The molecule has 0 aromatic heterocycles. The van der Waals surface area contributed by atoms with Crippen LogP contribution < -0.4 is 9.64 Å². The van der Waals surface area contributed by atoms with Crippen LogP contribution in [0.3, 0.4) is 0 Å². The van der Waals surface area contributed by atoms with Gasteiger partial charge in [-0.1, -0.05) is 60.1 Å². The molecule has 0 bridgehead atoms. The Bertz CT molecular complexity index is 939. The van der Waals surface area contributed by atoms with Gasteiger partial charge in [-0.15, -0.1) is 0 Å². The molecule has 0 unspecified atom stereocenters. The number of benzene rings is 3. The van der Waals surface area contributed by atoms with Gasteiger partial charge < -0.3 is 9.64 Å². The van der Waals surface area contributed by atoms with Crippen molar-refractivity contribution >= 4 is 23.2 Å². The Morgan fingerprint density at radius 1 is 0.852 bits per heavy atom. The molecule has 1 amide bonds. The number of ether oxygens (including phenoxy) is 1. The maximum atomic E-state index is 12.9. The average Bonchev–Trinajstić information content (AvgIpc) is 2.72. The minimum Gasteiger partial charge on any atom is -0.465 e. The molecule has 1 aliphatic heterocycles. The van der Waals surface area contributed by atoms with Gasteiger partial charge in [0.1, 0.15) is 5.75 Å². The zero-order valence-corrected chi connectivity index (χ0v) is 15.3. The summed E-state index contributed by atoms with van der Waals surface area (Å²) in [4.78, 5) is 14.7. The molecule has 1 fully saturated rings. The fourth-order valence-electron chi connectivity index (χ4n) is 3.30. The lowest BCUT2D eigenvalue weighted by molar-refractivity contribution is -0.128. The molecule has 2 atom stereocenters. The van der Waals surface area contributed by atoms with Crippen molar-refractivity contribution in [1.29, 1.82) is 0 Å². The maximum Gasteiger partial charge on any atom is 0.237 e. The summed E-state index contributed by atoms with van der Waals surface area (Å²) in [5.41, 5.74) is 1.92. The predicted octanol–water partition coefficient (Wildman–Crippen LogP) is 5.64. The molecule has 3 aromatic rings. The molecule has 4 rings (SSSR count). The average molecular weight is 376 g/mol. The first kappa shape index (κ1) is 17.4. The van der Waals surface area contributed by atoms with Crippen LogP contribution in [0.1, 0.15) is 11.6 Å². The Kier molecular flexibility index (Phi) is 4.95. The van der Waals surface area contributed by atoms with Gasteiger partial charge in [0.15, 0.2) is 0 Å². The molecule has 0 radical (unpaired) electrons. The fraction of sp³-hybridized carbons (Fsp3) is 0.0870. The predicted molar refractivity (Wildman–Crippen MR) is 108 cm³/mol. The van der Waals surface area contributed by atoms with E-state index in [0.717, 1.165) is 17.0 Å². The monoisotopic (exact) mass is 375 g/mol. The highest BCUT2D eigenvalue weighted by atomic mass is 35.5. The van der Waals surface area contributed by atoms with Crippen molar-refractivity contribution in [3.63, 3.8) is 0 Å². The molecule has 3 aromatic carbocycles. The second-order valence-corrected chi connectivity index (χ2v) is 6.76. The molecule has 0 N–H and O–H groups in total. The van der Waals surface area contributed by atoms with Gasteiger partial charge in [0.2, 0.25) is 5.91 Å². The van der Waals surface area contributed by atoms with Crippen LogP contribution in [0.2, 0.25) is 5.02 Å². The lowest BCUT2D eigenvalue weighted by Gasteiger charge is -2.46. The van der Waals surface area contributed by atoms with Crippen molar-refractivity contribution in [1.82, 2.24) is 0 Å². The number of rotatable bonds is 5. The first-order valence-electron chi connectivity index (χ1n) is 8.76. The Morgan fingerprint density at radius 3 is 2.15 bits per heavy atom. The van der Waals surface area contributed by atoms with Gasteiger partial charge in [-0.25, -0.2) is 0 Å². The van der Waals surface area contributed by atoms with E-state index in [2.05, 4.69) is 0 Å². The number of nitrogens with zero attached hydrogens (tertiary/aromatic N) is 1. The van der Waals surface area contributed by atoms with E-state index < -0.39 is 0 Å². The summed E-state index contributed by atoms with van der Waals surface area (Å²) in [6.07, 6.45) is 3.44. The number of halogens is 1. The SMILES string of the molecule is O=C1[C@H](/C=C\Oc2ccccc2)[C@@H](c2ccccc2)N1c1ccc(Cl)cc1. The first-order chi connectivity index (χ1) is 13.2. The fourth-order valence-corrected chi connectivity index (χ4v) is 3.42. The maximum absolute atomic E-state index is 12.9. The molecule has 1 aliphatic rings. The molecular formula is C23H18ClNO2. The van der Waals surface area contributed by atoms with Gasteiger partial charge in [-0.3, -0.25) is 4.79 Å². The van der Waals surface area contributed by atoms with E-state index in [1.807, 2.05) is 83.8 Å². The number of amides is 1. The highest BCUT2D eigenvalue weighted by Gasteiger charge is 2.47. The van der Waals surface area contributed by atoms with Crippen LogP contribution in [0.15, 0.2) is 97.3 Å². The van der Waals surface area contributed by atoms with Gasteiger partial charge in [0.05, 0.1) is 18.2 Å². The molecule has 0 spiro atoms. The van der Waals surface area contributed by atoms with Crippen molar-refractivity contribution < 1.29 is 9.53 Å². The number of hydrogen-bond acceptors (Lipinski definition) is 2. The highest BCUT2D eigenvalue weighted by molar-refractivity contribution is 6.30. The van der Waals surface area contributed by atoms with Crippen LogP contribution in [0, 0.1) is 5.92 Å². The zero-order valence-electron chi connectivity index (χ0n) is 14.5. The van der Waals surface area contributed by atoms with E-state index in [1.165, 1.54) is 0 Å². The lowest BCUT2D eigenvalue weighted by Crippen LogP contribution is -2.54. The van der Waals surface area contributed by atoms with Gasteiger partial charge in [0.25, 0.3) is 0 Å². The van der Waals surface area contributed by atoms with Crippen molar-refractivity contribution in [2.75, 3.05) is 4.90 Å². The third kappa shape index (κ3) is 3.60. The van der Waals surface area contributed by atoms with E-state index in [1.54, 1.807) is 18.4 Å². The van der Waals surface area contributed by atoms with Crippen LogP contribution in [-0.2, 0) is 4.79 Å². The second kappa shape index (κ2) is 7.68. The molecule has 27 heavy (non-hydrogen) atoms. The molecule has 4 heteroatoms. The minimum atomic E-state index is -0.271. The largest absolute Gasteiger partial charge is 0.465 e. The topological polar surface area (TPSA) is 29.5 Å². The first-order valence-corrected chi connectivity index (χ1v) is 9.14. The van der Waals surface area contributed by atoms with Crippen LogP contribution >= 0.6 is 11.6 Å². The molecule has 0 aliphatic carbocycles. The number of β-lactam (4-membered cyclic amide) rings is 1. The Hall–Kier alpha value is -3.04. The number of para-hydroxylation sites is 1. The van der Waals surface area contributed by atoms with Crippen molar-refractivity contribution in [3.8, 4) is 5.75 Å². The third-order valence-corrected chi connectivity index (χ3v) is 4.87. The highest BCUT2D eigenvalue weighted by Crippen LogP contribution is 2.44. The van der Waals surface area contributed by atoms with Crippen LogP contribution in [0.25, 0.3) is 0 Å². The Morgan fingerprint density at radius 2 is 1.48 bits per heavy atom. The van der Waals surface area contributed by atoms with Gasteiger partial charge >= 0.3 is 0 Å². The third-order valence-electron chi connectivity index (χ3n) is 4.62. The normalized spacial score (nSPS) is 19.1. The van der Waals surface area contributed by atoms with E-state index in [9.17, 15) is 4.79 Å². The molecular weight excluding hydrogens is 358 g/mol. The van der Waals surface area contributed by atoms with E-state index in [-0.39, 0.29) is 17.9 Å². The number of hydrogen-bond donors (Lipinski definition) is 0. The Labute approximate surface area is 163 Å².